The molecule has 1 fully saturated rings. The normalized spacial score (nSPS) is 22.2. The molecule has 2 rings (SSSR count). The van der Waals surface area contributed by atoms with E-state index in [0.29, 0.717) is 12.2 Å². The maximum Gasteiger partial charge on any atom is 0.325 e. The standard InChI is InChI=1S/C14H19N3O2S/c1-3-20-10-6-9-17-12(18)14(2,16-13(17)19)11-7-4-5-8-15-11/h4-5,7-8H,3,6,9-10H2,1-2H3,(H,16,19)/t14-/m0/s1. The molecule has 0 unspecified atom stereocenters. The average Bonchev–Trinajstić information content (AvgIpc) is 2.68. The summed E-state index contributed by atoms with van der Waals surface area (Å²) < 4.78 is 0. The van der Waals surface area contributed by atoms with E-state index in [1.807, 2.05) is 17.8 Å². The van der Waals surface area contributed by atoms with Gasteiger partial charge in [0.2, 0.25) is 0 Å². The summed E-state index contributed by atoms with van der Waals surface area (Å²) in [5.74, 6) is 1.78. The summed E-state index contributed by atoms with van der Waals surface area (Å²) in [6, 6.07) is 5.03. The lowest BCUT2D eigenvalue weighted by Gasteiger charge is -2.20. The van der Waals surface area contributed by atoms with Gasteiger partial charge in [-0.2, -0.15) is 11.8 Å². The van der Waals surface area contributed by atoms with E-state index in [2.05, 4.69) is 17.2 Å². The molecule has 1 aromatic heterocycles. The van der Waals surface area contributed by atoms with Gasteiger partial charge >= 0.3 is 6.03 Å². The molecule has 1 atom stereocenters. The van der Waals surface area contributed by atoms with Crippen molar-refractivity contribution in [1.29, 1.82) is 0 Å². The van der Waals surface area contributed by atoms with Crippen LogP contribution in [0.2, 0.25) is 0 Å². The largest absolute Gasteiger partial charge is 0.325 e. The minimum absolute atomic E-state index is 0.220. The van der Waals surface area contributed by atoms with Crippen LogP contribution in [-0.2, 0) is 10.3 Å². The van der Waals surface area contributed by atoms with Crippen molar-refractivity contribution < 1.29 is 9.59 Å². The lowest BCUT2D eigenvalue weighted by molar-refractivity contribution is -0.131. The van der Waals surface area contributed by atoms with Gasteiger partial charge in [-0.3, -0.25) is 14.7 Å². The molecule has 0 saturated carbocycles. The van der Waals surface area contributed by atoms with Crippen LogP contribution in [0.5, 0.6) is 0 Å². The van der Waals surface area contributed by atoms with Gasteiger partial charge in [-0.1, -0.05) is 13.0 Å². The minimum Gasteiger partial charge on any atom is -0.318 e. The van der Waals surface area contributed by atoms with E-state index in [1.165, 1.54) is 4.90 Å². The van der Waals surface area contributed by atoms with Crippen molar-refractivity contribution in [2.75, 3.05) is 18.1 Å². The van der Waals surface area contributed by atoms with Crippen LogP contribution < -0.4 is 5.32 Å². The SMILES string of the molecule is CCSCCCN1C(=O)N[C@@](C)(c2ccccn2)C1=O. The zero-order valence-corrected chi connectivity index (χ0v) is 12.6. The molecule has 0 radical (unpaired) electrons. The number of imide groups is 1. The number of thioether (sulfide) groups is 1. The molecule has 0 bridgehead atoms. The number of nitrogens with zero attached hydrogens (tertiary/aromatic N) is 2. The summed E-state index contributed by atoms with van der Waals surface area (Å²) >= 11 is 1.81. The zero-order chi connectivity index (χ0) is 14.6. The fourth-order valence-electron chi connectivity index (χ4n) is 2.20. The molecule has 3 amide bonds. The van der Waals surface area contributed by atoms with Crippen molar-refractivity contribution in [3.05, 3.63) is 30.1 Å². The summed E-state index contributed by atoms with van der Waals surface area (Å²) in [4.78, 5) is 30.0. The molecule has 0 spiro atoms. The van der Waals surface area contributed by atoms with Gasteiger partial charge < -0.3 is 5.32 Å². The Balaban J connectivity index is 2.08. The Kier molecular flexibility index (Phi) is 4.65. The molecule has 20 heavy (non-hydrogen) atoms. The molecule has 1 aliphatic heterocycles. The fourth-order valence-corrected chi connectivity index (χ4v) is 2.82. The minimum atomic E-state index is -1.05. The smallest absolute Gasteiger partial charge is 0.318 e. The number of hydrogen-bond donors (Lipinski definition) is 1. The summed E-state index contributed by atoms with van der Waals surface area (Å²) in [6.07, 6.45) is 2.44. The van der Waals surface area contributed by atoms with Gasteiger partial charge in [0, 0.05) is 12.7 Å². The third-order valence-electron chi connectivity index (χ3n) is 3.33. The molecule has 0 aliphatic carbocycles. The summed E-state index contributed by atoms with van der Waals surface area (Å²) in [5, 5.41) is 2.76. The second-order valence-corrected chi connectivity index (χ2v) is 6.17. The lowest BCUT2D eigenvalue weighted by Crippen LogP contribution is -2.41. The van der Waals surface area contributed by atoms with Gasteiger partial charge in [0.15, 0.2) is 5.54 Å². The first-order valence-electron chi connectivity index (χ1n) is 6.73. The van der Waals surface area contributed by atoms with Crippen LogP contribution >= 0.6 is 11.8 Å². The van der Waals surface area contributed by atoms with Gasteiger partial charge in [-0.15, -0.1) is 0 Å². The molecule has 108 valence electrons. The van der Waals surface area contributed by atoms with Gasteiger partial charge in [0.25, 0.3) is 5.91 Å². The quantitative estimate of drug-likeness (QED) is 0.643. The summed E-state index contributed by atoms with van der Waals surface area (Å²) in [5.41, 5.74) is -0.472. The highest BCUT2D eigenvalue weighted by Crippen LogP contribution is 2.27. The molecule has 1 aromatic rings. The Hall–Kier alpha value is -1.56. The van der Waals surface area contributed by atoms with Crippen molar-refractivity contribution >= 4 is 23.7 Å². The number of rotatable bonds is 6. The van der Waals surface area contributed by atoms with Crippen LogP contribution in [0.15, 0.2) is 24.4 Å². The second-order valence-electron chi connectivity index (χ2n) is 4.78. The Morgan fingerprint density at radius 1 is 1.40 bits per heavy atom. The second kappa shape index (κ2) is 6.26. The Morgan fingerprint density at radius 2 is 2.20 bits per heavy atom. The number of urea groups is 1. The first kappa shape index (κ1) is 14.8. The highest BCUT2D eigenvalue weighted by atomic mass is 32.2. The van der Waals surface area contributed by atoms with E-state index >= 15 is 0 Å². The van der Waals surface area contributed by atoms with E-state index in [0.717, 1.165) is 17.9 Å². The molecule has 0 aromatic carbocycles. The van der Waals surface area contributed by atoms with E-state index < -0.39 is 5.54 Å². The van der Waals surface area contributed by atoms with Crippen LogP contribution in [0.1, 0.15) is 26.0 Å². The first-order chi connectivity index (χ1) is 9.59. The number of aromatic nitrogens is 1. The molecule has 5 nitrogen and oxygen atoms in total. The highest BCUT2D eigenvalue weighted by Gasteiger charge is 2.49. The molecule has 2 heterocycles. The summed E-state index contributed by atoms with van der Waals surface area (Å²) in [7, 11) is 0. The predicted molar refractivity (Wildman–Crippen MR) is 79.4 cm³/mol. The first-order valence-corrected chi connectivity index (χ1v) is 7.88. The van der Waals surface area contributed by atoms with Crippen molar-refractivity contribution in [3.63, 3.8) is 0 Å². The number of hydrogen-bond acceptors (Lipinski definition) is 4. The molecule has 6 heteroatoms. The van der Waals surface area contributed by atoms with Crippen LogP contribution in [0, 0.1) is 0 Å². The Bertz CT molecular complexity index is 494. The third-order valence-corrected chi connectivity index (χ3v) is 4.31. The summed E-state index contributed by atoms with van der Waals surface area (Å²) in [6.45, 7) is 4.26. The molecule has 1 aliphatic rings. The topological polar surface area (TPSA) is 62.3 Å². The number of nitrogens with one attached hydrogen (secondary N) is 1. The number of carbonyl (C=O) groups is 2. The Labute approximate surface area is 123 Å². The van der Waals surface area contributed by atoms with Gasteiger partial charge in [0.05, 0.1) is 5.69 Å². The third kappa shape index (κ3) is 2.80. The van der Waals surface area contributed by atoms with Gasteiger partial charge in [-0.25, -0.2) is 4.79 Å². The van der Waals surface area contributed by atoms with Crippen LogP contribution in [0.25, 0.3) is 0 Å². The monoisotopic (exact) mass is 293 g/mol. The van der Waals surface area contributed by atoms with Crippen LogP contribution in [0.4, 0.5) is 4.79 Å². The highest BCUT2D eigenvalue weighted by molar-refractivity contribution is 7.99. The van der Waals surface area contributed by atoms with Crippen molar-refractivity contribution in [2.45, 2.75) is 25.8 Å². The van der Waals surface area contributed by atoms with E-state index in [1.54, 1.807) is 25.3 Å². The molecular weight excluding hydrogens is 274 g/mol. The maximum absolute atomic E-state index is 12.5. The number of pyridine rings is 1. The van der Waals surface area contributed by atoms with Crippen molar-refractivity contribution in [1.82, 2.24) is 15.2 Å². The average molecular weight is 293 g/mol. The maximum atomic E-state index is 12.5. The van der Waals surface area contributed by atoms with Crippen molar-refractivity contribution in [3.8, 4) is 0 Å². The molecule has 1 N–H and O–H groups in total. The van der Waals surface area contributed by atoms with E-state index in [4.69, 9.17) is 0 Å². The lowest BCUT2D eigenvalue weighted by atomic mass is 9.97. The van der Waals surface area contributed by atoms with Crippen LogP contribution in [0.3, 0.4) is 0 Å². The van der Waals surface area contributed by atoms with Gasteiger partial charge in [0.1, 0.15) is 0 Å². The van der Waals surface area contributed by atoms with E-state index in [9.17, 15) is 9.59 Å². The zero-order valence-electron chi connectivity index (χ0n) is 11.8. The Morgan fingerprint density at radius 3 is 2.85 bits per heavy atom. The van der Waals surface area contributed by atoms with Crippen molar-refractivity contribution in [2.24, 2.45) is 0 Å². The van der Waals surface area contributed by atoms with E-state index in [-0.39, 0.29) is 11.9 Å². The van der Waals surface area contributed by atoms with Crippen LogP contribution in [-0.4, -0.2) is 39.9 Å². The predicted octanol–water partition coefficient (Wildman–Crippen LogP) is 1.99. The van der Waals surface area contributed by atoms with Gasteiger partial charge in [-0.05, 0) is 37.0 Å². The molecular formula is C14H19N3O2S. The molecule has 1 saturated heterocycles. The number of carbonyl (C=O) groups excluding carboxylic acids is 2. The number of amides is 3. The fraction of sp³-hybridized carbons (Fsp3) is 0.500.